The fourth-order valence-electron chi connectivity index (χ4n) is 2.56. The SMILES string of the molecule is CSCCC(NC(=O)O)C(=O)Nc1c(C(C)C)cccc1C(C)C. The predicted molar refractivity (Wildman–Crippen MR) is 101 cm³/mol. The van der Waals surface area contributed by atoms with Crippen LogP contribution in [0.15, 0.2) is 18.2 Å². The molecule has 3 N–H and O–H groups in total. The number of hydrogen-bond acceptors (Lipinski definition) is 3. The molecule has 0 aliphatic rings. The first-order chi connectivity index (χ1) is 11.3. The molecule has 0 bridgehead atoms. The number of nitrogens with one attached hydrogen (secondary N) is 2. The minimum Gasteiger partial charge on any atom is -0.465 e. The van der Waals surface area contributed by atoms with Gasteiger partial charge in [-0.15, -0.1) is 0 Å². The molecule has 1 aromatic rings. The number of carbonyl (C=O) groups excluding carboxylic acids is 1. The van der Waals surface area contributed by atoms with Crippen molar-refractivity contribution in [3.05, 3.63) is 29.3 Å². The maximum atomic E-state index is 12.7. The number of carboxylic acid groups (broad SMARTS) is 1. The molecule has 2 amide bonds. The zero-order chi connectivity index (χ0) is 18.3. The first-order valence-electron chi connectivity index (χ1n) is 8.20. The number of thioether (sulfide) groups is 1. The number of rotatable bonds is 8. The Labute approximate surface area is 148 Å². The van der Waals surface area contributed by atoms with Crippen molar-refractivity contribution in [2.75, 3.05) is 17.3 Å². The van der Waals surface area contributed by atoms with Gasteiger partial charge < -0.3 is 15.7 Å². The van der Waals surface area contributed by atoms with E-state index in [1.165, 1.54) is 0 Å². The van der Waals surface area contributed by atoms with E-state index in [0.29, 0.717) is 12.2 Å². The van der Waals surface area contributed by atoms with Crippen molar-refractivity contribution in [1.29, 1.82) is 0 Å². The van der Waals surface area contributed by atoms with Crippen molar-refractivity contribution < 1.29 is 14.7 Å². The monoisotopic (exact) mass is 352 g/mol. The maximum Gasteiger partial charge on any atom is 0.405 e. The quantitative estimate of drug-likeness (QED) is 0.653. The van der Waals surface area contributed by atoms with Crippen LogP contribution in [0, 0.1) is 0 Å². The van der Waals surface area contributed by atoms with Crippen LogP contribution in [0.5, 0.6) is 0 Å². The van der Waals surface area contributed by atoms with Crippen LogP contribution in [0.25, 0.3) is 0 Å². The van der Waals surface area contributed by atoms with Gasteiger partial charge in [-0.1, -0.05) is 45.9 Å². The summed E-state index contributed by atoms with van der Waals surface area (Å²) >= 11 is 1.58. The highest BCUT2D eigenvalue weighted by molar-refractivity contribution is 7.98. The van der Waals surface area contributed by atoms with Crippen LogP contribution in [-0.2, 0) is 4.79 Å². The topological polar surface area (TPSA) is 78.4 Å². The number of benzene rings is 1. The van der Waals surface area contributed by atoms with E-state index in [1.54, 1.807) is 11.8 Å². The first kappa shape index (κ1) is 20.4. The Morgan fingerprint density at radius 3 is 2.08 bits per heavy atom. The standard InChI is InChI=1S/C18H28N2O3S/c1-11(2)13-7-6-8-14(12(3)4)16(13)20-17(21)15(9-10-24-5)19-18(22)23/h6-8,11-12,15,19H,9-10H2,1-5H3,(H,20,21)(H,22,23). The normalized spacial score (nSPS) is 12.3. The molecule has 0 saturated carbocycles. The second-order valence-corrected chi connectivity index (χ2v) is 7.38. The third-order valence-electron chi connectivity index (χ3n) is 3.85. The summed E-state index contributed by atoms with van der Waals surface area (Å²) in [5, 5.41) is 14.3. The molecule has 1 rings (SSSR count). The van der Waals surface area contributed by atoms with Gasteiger partial charge in [0.15, 0.2) is 0 Å². The Kier molecular flexibility index (Phi) is 8.11. The lowest BCUT2D eigenvalue weighted by atomic mass is 9.92. The van der Waals surface area contributed by atoms with Crippen molar-refractivity contribution in [3.8, 4) is 0 Å². The van der Waals surface area contributed by atoms with Gasteiger partial charge in [-0.05, 0) is 41.4 Å². The highest BCUT2D eigenvalue weighted by atomic mass is 32.2. The van der Waals surface area contributed by atoms with Gasteiger partial charge in [0.05, 0.1) is 0 Å². The van der Waals surface area contributed by atoms with E-state index < -0.39 is 12.1 Å². The molecule has 0 heterocycles. The molecule has 134 valence electrons. The van der Waals surface area contributed by atoms with Gasteiger partial charge in [0.1, 0.15) is 6.04 Å². The van der Waals surface area contributed by atoms with E-state index in [-0.39, 0.29) is 17.7 Å². The summed E-state index contributed by atoms with van der Waals surface area (Å²) in [6.45, 7) is 8.32. The molecule has 0 aromatic heterocycles. The summed E-state index contributed by atoms with van der Waals surface area (Å²) in [6.07, 6.45) is 1.21. The molecule has 0 saturated heterocycles. The third kappa shape index (κ3) is 5.74. The molecule has 0 aliphatic heterocycles. The molecule has 1 unspecified atom stereocenters. The van der Waals surface area contributed by atoms with E-state index >= 15 is 0 Å². The Bertz CT molecular complexity index is 547. The Morgan fingerprint density at radius 2 is 1.67 bits per heavy atom. The van der Waals surface area contributed by atoms with E-state index in [2.05, 4.69) is 38.3 Å². The fourth-order valence-corrected chi connectivity index (χ4v) is 3.03. The van der Waals surface area contributed by atoms with Crippen LogP contribution in [-0.4, -0.2) is 35.2 Å². The van der Waals surface area contributed by atoms with Crippen molar-refractivity contribution >= 4 is 29.4 Å². The Hall–Kier alpha value is -1.69. The summed E-state index contributed by atoms with van der Waals surface area (Å²) in [5.74, 6) is 0.926. The van der Waals surface area contributed by atoms with Gasteiger partial charge in [0.2, 0.25) is 5.91 Å². The lowest BCUT2D eigenvalue weighted by Crippen LogP contribution is -2.43. The van der Waals surface area contributed by atoms with Gasteiger partial charge in [-0.3, -0.25) is 4.79 Å². The zero-order valence-corrected chi connectivity index (χ0v) is 15.9. The van der Waals surface area contributed by atoms with Crippen molar-refractivity contribution in [2.24, 2.45) is 0 Å². The van der Waals surface area contributed by atoms with E-state index in [1.807, 2.05) is 24.5 Å². The van der Waals surface area contributed by atoms with Gasteiger partial charge in [-0.25, -0.2) is 4.79 Å². The van der Waals surface area contributed by atoms with Crippen LogP contribution >= 0.6 is 11.8 Å². The molecule has 1 aromatic carbocycles. The fraction of sp³-hybridized carbons (Fsp3) is 0.556. The van der Waals surface area contributed by atoms with Crippen molar-refractivity contribution in [1.82, 2.24) is 5.32 Å². The number of hydrogen-bond donors (Lipinski definition) is 3. The van der Waals surface area contributed by atoms with Crippen LogP contribution in [0.3, 0.4) is 0 Å². The molecule has 1 atom stereocenters. The summed E-state index contributed by atoms with van der Waals surface area (Å²) < 4.78 is 0. The maximum absolute atomic E-state index is 12.7. The first-order valence-corrected chi connectivity index (χ1v) is 9.59. The lowest BCUT2D eigenvalue weighted by molar-refractivity contribution is -0.118. The molecular formula is C18H28N2O3S. The second kappa shape index (κ2) is 9.57. The van der Waals surface area contributed by atoms with Gasteiger partial charge in [0, 0.05) is 5.69 Å². The Morgan fingerprint density at radius 1 is 1.12 bits per heavy atom. The molecule has 0 radical (unpaired) electrons. The van der Waals surface area contributed by atoms with E-state index in [0.717, 1.165) is 16.8 Å². The molecular weight excluding hydrogens is 324 g/mol. The van der Waals surface area contributed by atoms with Crippen molar-refractivity contribution in [2.45, 2.75) is 52.0 Å². The van der Waals surface area contributed by atoms with Crippen LogP contribution in [0.1, 0.15) is 57.1 Å². The Balaban J connectivity index is 3.11. The highest BCUT2D eigenvalue weighted by Crippen LogP contribution is 2.32. The average molecular weight is 353 g/mol. The number of para-hydroxylation sites is 1. The predicted octanol–water partition coefficient (Wildman–Crippen LogP) is 4.26. The second-order valence-electron chi connectivity index (χ2n) is 6.39. The number of carbonyl (C=O) groups is 2. The minimum absolute atomic E-state index is 0.260. The molecule has 24 heavy (non-hydrogen) atoms. The lowest BCUT2D eigenvalue weighted by Gasteiger charge is -2.23. The van der Waals surface area contributed by atoms with Crippen LogP contribution < -0.4 is 10.6 Å². The van der Waals surface area contributed by atoms with Crippen molar-refractivity contribution in [3.63, 3.8) is 0 Å². The molecule has 0 aliphatic carbocycles. The van der Waals surface area contributed by atoms with Crippen LogP contribution in [0.2, 0.25) is 0 Å². The molecule has 5 nitrogen and oxygen atoms in total. The highest BCUT2D eigenvalue weighted by Gasteiger charge is 2.23. The number of anilines is 1. The number of amides is 2. The van der Waals surface area contributed by atoms with Gasteiger partial charge in [0.25, 0.3) is 0 Å². The van der Waals surface area contributed by atoms with Gasteiger partial charge in [-0.2, -0.15) is 11.8 Å². The van der Waals surface area contributed by atoms with Crippen LogP contribution in [0.4, 0.5) is 10.5 Å². The molecule has 0 spiro atoms. The van der Waals surface area contributed by atoms with E-state index in [9.17, 15) is 9.59 Å². The third-order valence-corrected chi connectivity index (χ3v) is 4.49. The average Bonchev–Trinajstić information content (AvgIpc) is 2.50. The summed E-state index contributed by atoms with van der Waals surface area (Å²) in [6, 6.07) is 5.26. The summed E-state index contributed by atoms with van der Waals surface area (Å²) in [7, 11) is 0. The minimum atomic E-state index is -1.18. The largest absolute Gasteiger partial charge is 0.465 e. The van der Waals surface area contributed by atoms with E-state index in [4.69, 9.17) is 5.11 Å². The molecule has 6 heteroatoms. The smallest absolute Gasteiger partial charge is 0.405 e. The zero-order valence-electron chi connectivity index (χ0n) is 15.1. The summed E-state index contributed by atoms with van der Waals surface area (Å²) in [4.78, 5) is 23.6. The molecule has 0 fully saturated rings. The van der Waals surface area contributed by atoms with Gasteiger partial charge >= 0.3 is 6.09 Å². The summed E-state index contributed by atoms with van der Waals surface area (Å²) in [5.41, 5.74) is 2.94.